The van der Waals surface area contributed by atoms with E-state index in [1.807, 2.05) is 30.2 Å². The Hall–Kier alpha value is -6.90. The molecule has 9 rings (SSSR count). The van der Waals surface area contributed by atoms with Crippen molar-refractivity contribution in [3.8, 4) is 16.7 Å². The zero-order valence-corrected chi connectivity index (χ0v) is 52.1. The van der Waals surface area contributed by atoms with Crippen LogP contribution in [0.4, 0.5) is 5.13 Å². The minimum atomic E-state index is -0.871. The Bertz CT molecular complexity index is 3360. The van der Waals surface area contributed by atoms with Gasteiger partial charge in [0.25, 0.3) is 23.6 Å². The molecular formula is C60H62Cl4N8O11S2. The molecule has 85 heavy (non-hydrogen) atoms. The number of aromatic nitrogens is 1. The number of Topliss-reactive ketones (excluding diaryl/α,β-unsaturated/α-hetero) is 1. The van der Waals surface area contributed by atoms with Gasteiger partial charge in [-0.1, -0.05) is 104 Å². The van der Waals surface area contributed by atoms with E-state index in [9.17, 15) is 43.2 Å². The Kier molecular flexibility index (Phi) is 23.1. The van der Waals surface area contributed by atoms with E-state index >= 15 is 0 Å². The van der Waals surface area contributed by atoms with E-state index in [1.165, 1.54) is 24.0 Å². The average Bonchev–Trinajstić information content (AvgIpc) is 3.97. The van der Waals surface area contributed by atoms with Crippen molar-refractivity contribution in [2.45, 2.75) is 70.7 Å². The first-order valence-electron chi connectivity index (χ1n) is 27.2. The second-order valence-corrected chi connectivity index (χ2v) is 24.5. The van der Waals surface area contributed by atoms with Crippen molar-refractivity contribution in [3.05, 3.63) is 138 Å². The molecule has 0 bridgehead atoms. The van der Waals surface area contributed by atoms with Crippen LogP contribution < -0.4 is 10.2 Å². The van der Waals surface area contributed by atoms with Crippen molar-refractivity contribution < 1.29 is 52.6 Å². The number of ether oxygens (including phenoxy) is 2. The Morgan fingerprint density at radius 1 is 0.682 bits per heavy atom. The number of halogens is 4. The summed E-state index contributed by atoms with van der Waals surface area (Å²) in [4.78, 5) is 126. The van der Waals surface area contributed by atoms with Gasteiger partial charge in [0.15, 0.2) is 10.9 Å². The first kappa shape index (κ1) is 65.6. The quantitative estimate of drug-likeness (QED) is 0.0395. The molecule has 2 fully saturated rings. The predicted octanol–water partition coefficient (Wildman–Crippen LogP) is 9.64. The Balaban J connectivity index is 0.000000203. The fourth-order valence-electron chi connectivity index (χ4n) is 9.92. The van der Waals surface area contributed by atoms with Crippen molar-refractivity contribution in [2.24, 2.45) is 11.8 Å². The van der Waals surface area contributed by atoms with Crippen molar-refractivity contribution in [1.29, 1.82) is 5.26 Å². The number of rotatable bonds is 17. The summed E-state index contributed by atoms with van der Waals surface area (Å²) in [5.41, 5.74) is 3.54. The molecule has 4 aliphatic rings. The molecule has 0 radical (unpaired) electrons. The van der Waals surface area contributed by atoms with Crippen LogP contribution in [0.1, 0.15) is 104 Å². The summed E-state index contributed by atoms with van der Waals surface area (Å²) in [6.45, 7) is 10.4. The average molecular weight is 1280 g/mol. The predicted molar refractivity (Wildman–Crippen MR) is 326 cm³/mol. The molecule has 5 heterocycles. The molecule has 1 aromatic heterocycles. The van der Waals surface area contributed by atoms with E-state index in [0.717, 1.165) is 49.2 Å². The number of ketones is 1. The van der Waals surface area contributed by atoms with Crippen LogP contribution in [0.15, 0.2) is 84.9 Å². The molecule has 1 N–H and O–H groups in total. The minimum absolute atomic E-state index is 0.0109. The number of thiazole rings is 1. The summed E-state index contributed by atoms with van der Waals surface area (Å²) in [5, 5.41) is 15.8. The number of imide groups is 2. The number of piperazine rings is 2. The zero-order valence-electron chi connectivity index (χ0n) is 47.4. The second-order valence-electron chi connectivity index (χ2n) is 20.8. The summed E-state index contributed by atoms with van der Waals surface area (Å²) >= 11 is 26.7. The molecule has 448 valence electrons. The Morgan fingerprint density at radius 2 is 1.19 bits per heavy atom. The van der Waals surface area contributed by atoms with Crippen LogP contribution in [-0.2, 0) is 35.1 Å². The molecular weight excluding hydrogens is 1210 g/mol. The van der Waals surface area contributed by atoms with E-state index < -0.39 is 47.7 Å². The van der Waals surface area contributed by atoms with E-state index in [1.54, 1.807) is 90.2 Å². The highest BCUT2D eigenvalue weighted by Crippen LogP contribution is 2.38. The van der Waals surface area contributed by atoms with Gasteiger partial charge in [0.2, 0.25) is 11.8 Å². The lowest BCUT2D eigenvalue weighted by atomic mass is 10.0. The van der Waals surface area contributed by atoms with Crippen molar-refractivity contribution >= 4 is 128 Å². The summed E-state index contributed by atoms with van der Waals surface area (Å²) in [6, 6.07) is 21.8. The van der Waals surface area contributed by atoms with Gasteiger partial charge in [0.05, 0.1) is 74.1 Å². The van der Waals surface area contributed by atoms with Gasteiger partial charge in [-0.2, -0.15) is 5.26 Å². The summed E-state index contributed by atoms with van der Waals surface area (Å²) in [6.07, 6.45) is 1.34. The van der Waals surface area contributed by atoms with Crippen LogP contribution in [0.25, 0.3) is 11.3 Å². The molecule has 4 aromatic carbocycles. The molecule has 3 unspecified atom stereocenters. The van der Waals surface area contributed by atoms with E-state index in [0.29, 0.717) is 92.3 Å². The lowest BCUT2D eigenvalue weighted by molar-refractivity contribution is -0.153. The van der Waals surface area contributed by atoms with Crippen LogP contribution in [0, 0.1) is 22.5 Å². The number of esters is 2. The zero-order chi connectivity index (χ0) is 61.8. The number of amides is 6. The number of anilines is 1. The van der Waals surface area contributed by atoms with E-state index in [4.69, 9.17) is 66.1 Å². The van der Waals surface area contributed by atoms with E-state index in [2.05, 4.69) is 19.2 Å². The van der Waals surface area contributed by atoms with Gasteiger partial charge in [-0.05, 0) is 91.0 Å². The van der Waals surface area contributed by atoms with Gasteiger partial charge in [-0.3, -0.25) is 43.4 Å². The summed E-state index contributed by atoms with van der Waals surface area (Å²) in [7, 11) is 2.56. The smallest absolute Gasteiger partial charge is 0.330 e. The first-order valence-corrected chi connectivity index (χ1v) is 30.4. The van der Waals surface area contributed by atoms with Gasteiger partial charge < -0.3 is 29.5 Å². The van der Waals surface area contributed by atoms with Gasteiger partial charge >= 0.3 is 11.9 Å². The van der Waals surface area contributed by atoms with Crippen molar-refractivity contribution in [1.82, 2.24) is 29.9 Å². The number of fused-ring (bicyclic) bond motifs is 2. The Labute approximate surface area is 520 Å². The van der Waals surface area contributed by atoms with E-state index in [-0.39, 0.29) is 61.9 Å². The standard InChI is InChI=1S/C30H30Cl2N4O5S.C17H19N3O5.C13H13Cl2NOS/c1-17(2)14-24-26(18-8-9-21(31)22(32)15-18)33-30(42-24)34-12-13-35(23(16-34)29(40)41-3)25(37)10-11-36-27(38)19-6-4-5-7-20(19)28(36)39;1-25-17(24)13-10-18-7-9-19(13)14(21)6-8-20-15(22)11-4-2-3-5-12(11)16(20)23;1-8(2)5-12(18-7-16)13(17)9-3-4-10(14)11(15)6-9/h4-9,15,17,23H,10-14,16H2,1-3H3;2-5,13,18H,6-10H2,1H3;3-4,6,8,12H,5H2,1-2H3. The van der Waals surface area contributed by atoms with Gasteiger partial charge in [-0.15, -0.1) is 11.3 Å². The maximum atomic E-state index is 13.4. The molecule has 2 saturated heterocycles. The molecule has 3 atom stereocenters. The number of nitrogens with one attached hydrogen (secondary N) is 1. The first-order chi connectivity index (χ1) is 40.6. The molecule has 4 aliphatic heterocycles. The van der Waals surface area contributed by atoms with Crippen LogP contribution >= 0.6 is 69.5 Å². The van der Waals surface area contributed by atoms with Gasteiger partial charge in [0, 0.05) is 74.7 Å². The lowest BCUT2D eigenvalue weighted by Crippen LogP contribution is -2.59. The normalized spacial score (nSPS) is 16.7. The largest absolute Gasteiger partial charge is 0.467 e. The number of carbonyl (C=O) groups is 9. The highest BCUT2D eigenvalue weighted by Gasteiger charge is 2.41. The molecule has 25 heteroatoms. The highest BCUT2D eigenvalue weighted by atomic mass is 35.5. The number of thioether (sulfide) groups is 1. The van der Waals surface area contributed by atoms with Crippen LogP contribution in [0.2, 0.25) is 20.1 Å². The van der Waals surface area contributed by atoms with Crippen molar-refractivity contribution in [2.75, 3.05) is 71.5 Å². The fourth-order valence-corrected chi connectivity index (χ4v) is 12.7. The molecule has 6 amide bonds. The third-order valence-electron chi connectivity index (χ3n) is 14.2. The number of nitriles is 1. The maximum Gasteiger partial charge on any atom is 0.330 e. The minimum Gasteiger partial charge on any atom is -0.467 e. The third kappa shape index (κ3) is 15.8. The fraction of sp³-hybridized carbons (Fsp3) is 0.383. The number of hydrogen-bond donors (Lipinski definition) is 1. The third-order valence-corrected chi connectivity index (χ3v) is 17.6. The monoisotopic (exact) mass is 1270 g/mol. The number of nitrogens with zero attached hydrogens (tertiary/aromatic N) is 7. The second kappa shape index (κ2) is 29.9. The van der Waals surface area contributed by atoms with Crippen LogP contribution in [0.5, 0.6) is 0 Å². The van der Waals surface area contributed by atoms with Gasteiger partial charge in [-0.25, -0.2) is 14.6 Å². The number of carbonyl (C=O) groups excluding carboxylic acids is 9. The number of hydrogen-bond acceptors (Lipinski definition) is 17. The number of thiocyanates is 1. The highest BCUT2D eigenvalue weighted by molar-refractivity contribution is 8.05. The molecule has 5 aromatic rings. The van der Waals surface area contributed by atoms with Crippen LogP contribution in [0.3, 0.4) is 0 Å². The van der Waals surface area contributed by atoms with Gasteiger partial charge in [0.1, 0.15) is 17.5 Å². The Morgan fingerprint density at radius 3 is 1.67 bits per heavy atom. The van der Waals surface area contributed by atoms with Crippen LogP contribution in [-0.4, -0.2) is 162 Å². The molecule has 0 aliphatic carbocycles. The molecule has 0 saturated carbocycles. The van der Waals surface area contributed by atoms with Crippen molar-refractivity contribution in [3.63, 3.8) is 0 Å². The molecule has 0 spiro atoms. The number of benzene rings is 4. The number of methoxy groups -OCH3 is 2. The maximum absolute atomic E-state index is 13.4. The topological polar surface area (TPSA) is 237 Å². The molecule has 19 nitrogen and oxygen atoms in total. The summed E-state index contributed by atoms with van der Waals surface area (Å²) < 4.78 is 9.79. The summed E-state index contributed by atoms with van der Waals surface area (Å²) in [5.74, 6) is -2.61. The lowest BCUT2D eigenvalue weighted by Gasteiger charge is -2.40. The SMILES string of the molecule is CC(C)CC(SC#N)C(=O)c1ccc(Cl)c(Cl)c1.COC(=O)C1CN(c2nc(-c3ccc(Cl)c(Cl)c3)c(CC(C)C)s2)CCN1C(=O)CCN1C(=O)c2ccccc2C1=O.COC(=O)C1CNCCN1C(=O)CCN1C(=O)c2ccccc2C1=O.